The van der Waals surface area contributed by atoms with Crippen molar-refractivity contribution in [1.29, 1.82) is 0 Å². The zero-order valence-corrected chi connectivity index (χ0v) is 8.34. The first-order valence-electron chi connectivity index (χ1n) is 4.72. The molecule has 2 rings (SSSR count). The van der Waals surface area contributed by atoms with Crippen LogP contribution in [0.1, 0.15) is 6.42 Å². The van der Waals surface area contributed by atoms with E-state index >= 15 is 0 Å². The Labute approximate surface area is 86.2 Å². The SMILES string of the molecule is Cn1cc([N+](=O)[O-])c(OC2CCNC2)n1. The maximum absolute atomic E-state index is 10.7. The largest absolute Gasteiger partial charge is 0.467 e. The Kier molecular flexibility index (Phi) is 2.55. The van der Waals surface area contributed by atoms with E-state index in [0.29, 0.717) is 6.54 Å². The fourth-order valence-corrected chi connectivity index (χ4v) is 1.55. The van der Waals surface area contributed by atoms with E-state index in [0.717, 1.165) is 13.0 Å². The van der Waals surface area contributed by atoms with Crippen LogP contribution in [0.3, 0.4) is 0 Å². The number of aromatic nitrogens is 2. The molecule has 1 fully saturated rings. The molecule has 0 bridgehead atoms. The van der Waals surface area contributed by atoms with E-state index in [1.807, 2.05) is 0 Å². The number of nitro groups is 1. The van der Waals surface area contributed by atoms with Crippen molar-refractivity contribution in [2.75, 3.05) is 13.1 Å². The molecule has 1 N–H and O–H groups in total. The summed E-state index contributed by atoms with van der Waals surface area (Å²) >= 11 is 0. The van der Waals surface area contributed by atoms with Crippen molar-refractivity contribution in [3.8, 4) is 5.88 Å². The van der Waals surface area contributed by atoms with Crippen LogP contribution in [0.15, 0.2) is 6.20 Å². The van der Waals surface area contributed by atoms with Crippen LogP contribution in [-0.4, -0.2) is 33.9 Å². The van der Waals surface area contributed by atoms with Crippen molar-refractivity contribution in [3.05, 3.63) is 16.3 Å². The van der Waals surface area contributed by atoms with Crippen molar-refractivity contribution in [2.45, 2.75) is 12.5 Å². The first kappa shape index (κ1) is 9.91. The number of aryl methyl sites for hydroxylation is 1. The Morgan fingerprint density at radius 1 is 1.80 bits per heavy atom. The van der Waals surface area contributed by atoms with E-state index in [2.05, 4.69) is 10.4 Å². The first-order valence-corrected chi connectivity index (χ1v) is 4.72. The minimum absolute atomic E-state index is 0.0152. The molecule has 1 atom stereocenters. The molecule has 1 aromatic rings. The highest BCUT2D eigenvalue weighted by Crippen LogP contribution is 2.25. The van der Waals surface area contributed by atoms with Crippen LogP contribution >= 0.6 is 0 Å². The minimum Gasteiger partial charge on any atom is -0.467 e. The lowest BCUT2D eigenvalue weighted by Crippen LogP contribution is -2.20. The van der Waals surface area contributed by atoms with Gasteiger partial charge in [-0.2, -0.15) is 0 Å². The number of hydrogen-bond donors (Lipinski definition) is 1. The molecule has 15 heavy (non-hydrogen) atoms. The zero-order valence-electron chi connectivity index (χ0n) is 8.34. The lowest BCUT2D eigenvalue weighted by Gasteiger charge is -2.08. The number of hydrogen-bond acceptors (Lipinski definition) is 5. The van der Waals surface area contributed by atoms with Gasteiger partial charge in [-0.15, -0.1) is 5.10 Å². The summed E-state index contributed by atoms with van der Waals surface area (Å²) in [6, 6.07) is 0. The van der Waals surface area contributed by atoms with Gasteiger partial charge in [-0.25, -0.2) is 0 Å². The molecule has 0 aliphatic carbocycles. The summed E-state index contributed by atoms with van der Waals surface area (Å²) in [7, 11) is 1.63. The average molecular weight is 212 g/mol. The fourth-order valence-electron chi connectivity index (χ4n) is 1.55. The minimum atomic E-state index is -0.481. The summed E-state index contributed by atoms with van der Waals surface area (Å²) in [6.07, 6.45) is 2.18. The molecule has 0 amide bonds. The third kappa shape index (κ3) is 2.07. The topological polar surface area (TPSA) is 82.2 Å². The molecule has 1 aromatic heterocycles. The van der Waals surface area contributed by atoms with E-state index in [4.69, 9.17) is 4.74 Å². The molecule has 7 nitrogen and oxygen atoms in total. The Bertz CT molecular complexity index is 370. The van der Waals surface area contributed by atoms with Crippen molar-refractivity contribution >= 4 is 5.69 Å². The molecule has 0 saturated carbocycles. The Balaban J connectivity index is 2.15. The van der Waals surface area contributed by atoms with E-state index in [1.165, 1.54) is 10.9 Å². The predicted molar refractivity (Wildman–Crippen MR) is 51.8 cm³/mol. The van der Waals surface area contributed by atoms with E-state index in [9.17, 15) is 10.1 Å². The van der Waals surface area contributed by atoms with E-state index < -0.39 is 4.92 Å². The molecule has 0 radical (unpaired) electrons. The smallest absolute Gasteiger partial charge is 0.350 e. The van der Waals surface area contributed by atoms with Gasteiger partial charge in [-0.1, -0.05) is 0 Å². The second-order valence-corrected chi connectivity index (χ2v) is 3.48. The second kappa shape index (κ2) is 3.85. The maximum atomic E-state index is 10.7. The molecule has 1 unspecified atom stereocenters. The highest BCUT2D eigenvalue weighted by molar-refractivity contribution is 5.38. The van der Waals surface area contributed by atoms with Crippen molar-refractivity contribution in [2.24, 2.45) is 7.05 Å². The molecular weight excluding hydrogens is 200 g/mol. The van der Waals surface area contributed by atoms with Gasteiger partial charge in [0.1, 0.15) is 12.3 Å². The molecule has 2 heterocycles. The number of nitrogens with one attached hydrogen (secondary N) is 1. The van der Waals surface area contributed by atoms with Gasteiger partial charge in [0, 0.05) is 13.6 Å². The number of nitrogens with zero attached hydrogens (tertiary/aromatic N) is 3. The quantitative estimate of drug-likeness (QED) is 0.566. The first-order chi connectivity index (χ1) is 7.16. The number of ether oxygens (including phenoxy) is 1. The second-order valence-electron chi connectivity index (χ2n) is 3.48. The van der Waals surface area contributed by atoms with Gasteiger partial charge in [0.25, 0.3) is 0 Å². The molecule has 0 aromatic carbocycles. The zero-order chi connectivity index (χ0) is 10.8. The monoisotopic (exact) mass is 212 g/mol. The van der Waals surface area contributed by atoms with Crippen LogP contribution in [0, 0.1) is 10.1 Å². The van der Waals surface area contributed by atoms with Crippen molar-refractivity contribution in [1.82, 2.24) is 15.1 Å². The normalized spacial score (nSPS) is 20.5. The summed E-state index contributed by atoms with van der Waals surface area (Å²) < 4.78 is 6.84. The summed E-state index contributed by atoms with van der Waals surface area (Å²) in [5, 5.41) is 17.7. The Hall–Kier alpha value is -1.63. The van der Waals surface area contributed by atoms with Crippen LogP contribution in [-0.2, 0) is 7.05 Å². The molecular formula is C8H12N4O3. The van der Waals surface area contributed by atoms with E-state index in [-0.39, 0.29) is 17.7 Å². The van der Waals surface area contributed by atoms with Gasteiger partial charge < -0.3 is 10.1 Å². The van der Waals surface area contributed by atoms with Crippen LogP contribution in [0.5, 0.6) is 5.88 Å². The lowest BCUT2D eigenvalue weighted by molar-refractivity contribution is -0.386. The summed E-state index contributed by atoms with van der Waals surface area (Å²) in [5.41, 5.74) is -0.0793. The molecule has 7 heteroatoms. The summed E-state index contributed by atoms with van der Waals surface area (Å²) in [4.78, 5) is 10.2. The number of rotatable bonds is 3. The fraction of sp³-hybridized carbons (Fsp3) is 0.625. The Morgan fingerprint density at radius 3 is 3.20 bits per heavy atom. The molecule has 0 spiro atoms. The van der Waals surface area contributed by atoms with Gasteiger partial charge in [-0.05, 0) is 13.0 Å². The molecule has 1 aliphatic heterocycles. The van der Waals surface area contributed by atoms with Crippen molar-refractivity contribution < 1.29 is 9.66 Å². The van der Waals surface area contributed by atoms with Gasteiger partial charge in [0.2, 0.25) is 0 Å². The van der Waals surface area contributed by atoms with Crippen LogP contribution in [0.4, 0.5) is 5.69 Å². The average Bonchev–Trinajstić information content (AvgIpc) is 2.75. The van der Waals surface area contributed by atoms with Crippen molar-refractivity contribution in [3.63, 3.8) is 0 Å². The maximum Gasteiger partial charge on any atom is 0.350 e. The highest BCUT2D eigenvalue weighted by atomic mass is 16.6. The van der Waals surface area contributed by atoms with Gasteiger partial charge in [0.05, 0.1) is 4.92 Å². The molecule has 82 valence electrons. The van der Waals surface area contributed by atoms with Gasteiger partial charge >= 0.3 is 11.6 Å². The summed E-state index contributed by atoms with van der Waals surface area (Å²) in [5.74, 6) is 0.108. The Morgan fingerprint density at radius 2 is 2.60 bits per heavy atom. The third-order valence-electron chi connectivity index (χ3n) is 2.27. The highest BCUT2D eigenvalue weighted by Gasteiger charge is 2.25. The molecule has 1 aliphatic rings. The predicted octanol–water partition coefficient (Wildman–Crippen LogP) is 0.0690. The third-order valence-corrected chi connectivity index (χ3v) is 2.27. The van der Waals surface area contributed by atoms with E-state index in [1.54, 1.807) is 7.05 Å². The van der Waals surface area contributed by atoms with Crippen LogP contribution in [0.25, 0.3) is 0 Å². The summed E-state index contributed by atoms with van der Waals surface area (Å²) in [6.45, 7) is 1.60. The standard InChI is InChI=1S/C8H12N4O3/c1-11-5-7(12(13)14)8(10-11)15-6-2-3-9-4-6/h5-6,9H,2-4H2,1H3. The molecule has 1 saturated heterocycles. The van der Waals surface area contributed by atoms with Crippen LogP contribution in [0.2, 0.25) is 0 Å². The van der Waals surface area contributed by atoms with Crippen LogP contribution < -0.4 is 10.1 Å². The lowest BCUT2D eigenvalue weighted by atomic mass is 10.3. The van der Waals surface area contributed by atoms with Gasteiger partial charge in [0.15, 0.2) is 0 Å². The van der Waals surface area contributed by atoms with Gasteiger partial charge in [-0.3, -0.25) is 14.8 Å².